The van der Waals surface area contributed by atoms with E-state index in [1.165, 1.54) is 13.2 Å². The number of benzene rings is 1. The average molecular weight is 219 g/mol. The van der Waals surface area contributed by atoms with Gasteiger partial charge in [-0.2, -0.15) is 0 Å². The van der Waals surface area contributed by atoms with Crippen LogP contribution in [-0.4, -0.2) is 25.4 Å². The van der Waals surface area contributed by atoms with Crippen LogP contribution in [0.4, 0.5) is 5.69 Å². The number of hydrogen-bond donors (Lipinski definition) is 1. The fourth-order valence-electron chi connectivity index (χ4n) is 1.10. The van der Waals surface area contributed by atoms with Crippen molar-refractivity contribution in [1.29, 1.82) is 0 Å². The van der Waals surface area contributed by atoms with E-state index >= 15 is 0 Å². The van der Waals surface area contributed by atoms with Gasteiger partial charge in [0.1, 0.15) is 0 Å². The van der Waals surface area contributed by atoms with Gasteiger partial charge in [-0.3, -0.25) is 4.79 Å². The smallest absolute Gasteiger partial charge is 0.337 e. The van der Waals surface area contributed by atoms with E-state index in [4.69, 9.17) is 0 Å². The van der Waals surface area contributed by atoms with E-state index in [1.807, 2.05) is 0 Å². The van der Waals surface area contributed by atoms with E-state index in [-0.39, 0.29) is 18.3 Å². The number of hydrogen-bond acceptors (Lipinski definition) is 4. The predicted molar refractivity (Wildman–Crippen MR) is 61.5 cm³/mol. The maximum atomic E-state index is 11.1. The van der Waals surface area contributed by atoms with Crippen LogP contribution in [0, 0.1) is 0 Å². The van der Waals surface area contributed by atoms with Crippen molar-refractivity contribution in [2.75, 3.05) is 19.0 Å². The highest BCUT2D eigenvalue weighted by molar-refractivity contribution is 5.93. The number of nitrogens with one attached hydrogen (secondary N) is 1. The van der Waals surface area contributed by atoms with Crippen molar-refractivity contribution < 1.29 is 14.3 Å². The number of carbonyl (C=O) groups is 2. The summed E-state index contributed by atoms with van der Waals surface area (Å²) in [7, 11) is 1.33. The molecule has 0 bridgehead atoms. The Kier molecular flexibility index (Phi) is 4.27. The van der Waals surface area contributed by atoms with Crippen molar-refractivity contribution in [3.8, 4) is 0 Å². The topological polar surface area (TPSA) is 55.4 Å². The van der Waals surface area contributed by atoms with Gasteiger partial charge in [-0.05, 0) is 30.3 Å². The number of ketones is 1. The number of ether oxygens (including phenoxy) is 1. The molecular weight excluding hydrogens is 206 g/mol. The largest absolute Gasteiger partial charge is 0.465 e. The number of esters is 1. The van der Waals surface area contributed by atoms with Gasteiger partial charge < -0.3 is 10.1 Å². The lowest BCUT2D eigenvalue weighted by Crippen LogP contribution is -2.10. The Hall–Kier alpha value is -2.10. The van der Waals surface area contributed by atoms with Crippen molar-refractivity contribution >= 4 is 17.4 Å². The maximum Gasteiger partial charge on any atom is 0.337 e. The molecule has 4 heteroatoms. The highest BCUT2D eigenvalue weighted by atomic mass is 16.5. The summed E-state index contributed by atoms with van der Waals surface area (Å²) in [6, 6.07) is 6.68. The number of carbonyl (C=O) groups excluding carboxylic acids is 2. The van der Waals surface area contributed by atoms with Crippen molar-refractivity contribution in [3.63, 3.8) is 0 Å². The third kappa shape index (κ3) is 3.24. The van der Waals surface area contributed by atoms with Crippen LogP contribution in [0.2, 0.25) is 0 Å². The summed E-state index contributed by atoms with van der Waals surface area (Å²) < 4.78 is 4.56. The molecule has 0 atom stereocenters. The SMILES string of the molecule is C=CC(=O)CNc1ccc(C(=O)OC)cc1. The van der Waals surface area contributed by atoms with Crippen LogP contribution in [0.15, 0.2) is 36.9 Å². The van der Waals surface area contributed by atoms with Gasteiger partial charge in [0.05, 0.1) is 19.2 Å². The van der Waals surface area contributed by atoms with Gasteiger partial charge in [0.15, 0.2) is 5.78 Å². The quantitative estimate of drug-likeness (QED) is 0.604. The van der Waals surface area contributed by atoms with E-state index in [0.29, 0.717) is 5.56 Å². The Morgan fingerprint density at radius 1 is 1.38 bits per heavy atom. The van der Waals surface area contributed by atoms with Crippen LogP contribution in [0.1, 0.15) is 10.4 Å². The highest BCUT2D eigenvalue weighted by Crippen LogP contribution is 2.09. The molecule has 4 nitrogen and oxygen atoms in total. The third-order valence-corrected chi connectivity index (χ3v) is 2.00. The van der Waals surface area contributed by atoms with E-state index in [9.17, 15) is 9.59 Å². The number of methoxy groups -OCH3 is 1. The van der Waals surface area contributed by atoms with Gasteiger partial charge >= 0.3 is 5.97 Å². The van der Waals surface area contributed by atoms with Gasteiger partial charge in [0.2, 0.25) is 0 Å². The fraction of sp³-hybridized carbons (Fsp3) is 0.167. The van der Waals surface area contributed by atoms with Crippen LogP contribution in [0.25, 0.3) is 0 Å². The molecule has 0 fully saturated rings. The number of rotatable bonds is 5. The molecule has 0 radical (unpaired) electrons. The molecule has 0 spiro atoms. The number of anilines is 1. The molecule has 0 saturated heterocycles. The highest BCUT2D eigenvalue weighted by Gasteiger charge is 2.04. The first kappa shape index (κ1) is 12.0. The first-order chi connectivity index (χ1) is 7.67. The van der Waals surface area contributed by atoms with Gasteiger partial charge in [0, 0.05) is 5.69 Å². The lowest BCUT2D eigenvalue weighted by Gasteiger charge is -2.04. The lowest BCUT2D eigenvalue weighted by molar-refractivity contribution is -0.113. The normalized spacial score (nSPS) is 9.31. The minimum Gasteiger partial charge on any atom is -0.465 e. The molecule has 0 aliphatic rings. The molecule has 1 aromatic carbocycles. The molecular formula is C12H13NO3. The van der Waals surface area contributed by atoms with Crippen LogP contribution in [0.5, 0.6) is 0 Å². The summed E-state index contributed by atoms with van der Waals surface area (Å²) >= 11 is 0. The molecule has 1 aromatic rings. The zero-order chi connectivity index (χ0) is 12.0. The first-order valence-corrected chi connectivity index (χ1v) is 4.75. The van der Waals surface area contributed by atoms with E-state index in [2.05, 4.69) is 16.6 Å². The fourth-order valence-corrected chi connectivity index (χ4v) is 1.10. The summed E-state index contributed by atoms with van der Waals surface area (Å²) in [6.45, 7) is 3.57. The van der Waals surface area contributed by atoms with Crippen molar-refractivity contribution in [2.24, 2.45) is 0 Å². The molecule has 84 valence electrons. The predicted octanol–water partition coefficient (Wildman–Crippen LogP) is 1.64. The van der Waals surface area contributed by atoms with E-state index < -0.39 is 0 Å². The summed E-state index contributed by atoms with van der Waals surface area (Å²) in [5.74, 6) is -0.467. The van der Waals surface area contributed by atoms with Crippen molar-refractivity contribution in [2.45, 2.75) is 0 Å². The average Bonchev–Trinajstić information content (AvgIpc) is 2.35. The molecule has 1 rings (SSSR count). The molecule has 16 heavy (non-hydrogen) atoms. The second-order valence-corrected chi connectivity index (χ2v) is 3.09. The molecule has 1 N–H and O–H groups in total. The van der Waals surface area contributed by atoms with E-state index in [1.54, 1.807) is 24.3 Å². The molecule has 0 saturated carbocycles. The second-order valence-electron chi connectivity index (χ2n) is 3.09. The van der Waals surface area contributed by atoms with Gasteiger partial charge in [-0.15, -0.1) is 0 Å². The lowest BCUT2D eigenvalue weighted by atomic mass is 10.2. The Labute approximate surface area is 93.9 Å². The third-order valence-electron chi connectivity index (χ3n) is 2.00. The molecule has 0 amide bonds. The Morgan fingerprint density at radius 2 is 2.00 bits per heavy atom. The van der Waals surface area contributed by atoms with Crippen LogP contribution in [0.3, 0.4) is 0 Å². The van der Waals surface area contributed by atoms with Crippen LogP contribution >= 0.6 is 0 Å². The monoisotopic (exact) mass is 219 g/mol. The molecule has 0 heterocycles. The van der Waals surface area contributed by atoms with Gasteiger partial charge in [0.25, 0.3) is 0 Å². The Bertz CT molecular complexity index is 395. The Balaban J connectivity index is 2.61. The van der Waals surface area contributed by atoms with Gasteiger partial charge in [-0.25, -0.2) is 4.79 Å². The minimum absolute atomic E-state index is 0.0861. The minimum atomic E-state index is -0.381. The zero-order valence-electron chi connectivity index (χ0n) is 9.03. The Morgan fingerprint density at radius 3 is 2.50 bits per heavy atom. The summed E-state index contributed by atoms with van der Waals surface area (Å²) in [5, 5.41) is 2.91. The van der Waals surface area contributed by atoms with Crippen molar-refractivity contribution in [3.05, 3.63) is 42.5 Å². The van der Waals surface area contributed by atoms with E-state index in [0.717, 1.165) is 5.69 Å². The van der Waals surface area contributed by atoms with Crippen molar-refractivity contribution in [1.82, 2.24) is 0 Å². The molecule has 0 aliphatic heterocycles. The maximum absolute atomic E-state index is 11.1. The molecule has 0 unspecified atom stereocenters. The van der Waals surface area contributed by atoms with Gasteiger partial charge in [-0.1, -0.05) is 6.58 Å². The van der Waals surface area contributed by atoms with Crippen LogP contribution < -0.4 is 5.32 Å². The molecule has 0 aliphatic carbocycles. The van der Waals surface area contributed by atoms with Crippen LogP contribution in [-0.2, 0) is 9.53 Å². The first-order valence-electron chi connectivity index (χ1n) is 4.75. The zero-order valence-corrected chi connectivity index (χ0v) is 9.03. The standard InChI is InChI=1S/C12H13NO3/c1-3-11(14)8-13-10-6-4-9(5-7-10)12(15)16-2/h3-7,13H,1,8H2,2H3. The summed E-state index contributed by atoms with van der Waals surface area (Å²) in [5.41, 5.74) is 1.24. The summed E-state index contributed by atoms with van der Waals surface area (Å²) in [6.07, 6.45) is 1.26. The summed E-state index contributed by atoms with van der Waals surface area (Å²) in [4.78, 5) is 22.1. The second kappa shape index (κ2) is 5.70. The molecule has 0 aromatic heterocycles.